The van der Waals surface area contributed by atoms with Gasteiger partial charge in [0.05, 0.1) is 6.54 Å². The third-order valence-corrected chi connectivity index (χ3v) is 3.15. The van der Waals surface area contributed by atoms with Gasteiger partial charge in [-0.1, -0.05) is 0 Å². The molecule has 0 bridgehead atoms. The number of urea groups is 1. The van der Waals surface area contributed by atoms with E-state index in [9.17, 15) is 14.4 Å². The summed E-state index contributed by atoms with van der Waals surface area (Å²) in [7, 11) is 0. The molecule has 0 aliphatic rings. The quantitative estimate of drug-likeness (QED) is 0.715. The first-order valence-corrected chi connectivity index (χ1v) is 6.22. The van der Waals surface area contributed by atoms with Crippen LogP contribution in [0.1, 0.15) is 9.75 Å². The molecule has 0 atom stereocenters. The molecule has 0 aliphatic heterocycles. The molecule has 0 aromatic carbocycles. The number of carboxylic acid groups (broad SMARTS) is 2. The Hall–Kier alpha value is -2.09. The molecule has 0 saturated carbocycles. The van der Waals surface area contributed by atoms with E-state index in [2.05, 4.69) is 5.32 Å². The van der Waals surface area contributed by atoms with Crippen LogP contribution in [0, 0.1) is 6.92 Å². The second kappa shape index (κ2) is 6.74. The van der Waals surface area contributed by atoms with Gasteiger partial charge >= 0.3 is 18.0 Å². The number of amides is 2. The highest BCUT2D eigenvalue weighted by Crippen LogP contribution is 2.14. The number of hydrogen-bond acceptors (Lipinski definition) is 4. The molecule has 0 fully saturated rings. The van der Waals surface area contributed by atoms with Crippen molar-refractivity contribution in [2.45, 2.75) is 13.5 Å². The molecule has 1 aromatic rings. The maximum atomic E-state index is 11.7. The van der Waals surface area contributed by atoms with E-state index in [1.54, 1.807) is 0 Å². The molecule has 8 heteroatoms. The van der Waals surface area contributed by atoms with Gasteiger partial charge in [-0.2, -0.15) is 0 Å². The minimum Gasteiger partial charge on any atom is -0.480 e. The highest BCUT2D eigenvalue weighted by atomic mass is 32.1. The van der Waals surface area contributed by atoms with Gasteiger partial charge in [-0.3, -0.25) is 9.59 Å². The van der Waals surface area contributed by atoms with Crippen molar-refractivity contribution in [3.63, 3.8) is 0 Å². The van der Waals surface area contributed by atoms with Crippen molar-refractivity contribution in [2.75, 3.05) is 13.1 Å². The number of carbonyl (C=O) groups is 3. The molecular weight excluding hydrogens is 272 g/mol. The van der Waals surface area contributed by atoms with Gasteiger partial charge in [0.15, 0.2) is 0 Å². The van der Waals surface area contributed by atoms with Gasteiger partial charge < -0.3 is 20.4 Å². The number of hydrogen-bond donors (Lipinski definition) is 3. The van der Waals surface area contributed by atoms with E-state index in [-0.39, 0.29) is 6.54 Å². The third kappa shape index (κ3) is 5.38. The monoisotopic (exact) mass is 286 g/mol. The van der Waals surface area contributed by atoms with E-state index in [4.69, 9.17) is 10.2 Å². The lowest BCUT2D eigenvalue weighted by molar-refractivity contribution is -0.140. The fraction of sp³-hybridized carbons (Fsp3) is 0.364. The fourth-order valence-corrected chi connectivity index (χ4v) is 2.21. The van der Waals surface area contributed by atoms with Crippen LogP contribution >= 0.6 is 11.3 Å². The second-order valence-corrected chi connectivity index (χ2v) is 5.19. The topological polar surface area (TPSA) is 107 Å². The number of thiophene rings is 1. The largest absolute Gasteiger partial charge is 0.480 e. The Kier molecular flexibility index (Phi) is 5.31. The molecule has 7 nitrogen and oxygen atoms in total. The van der Waals surface area contributed by atoms with Gasteiger partial charge in [-0.05, 0) is 19.1 Å². The van der Waals surface area contributed by atoms with E-state index in [0.29, 0.717) is 0 Å². The minimum atomic E-state index is -1.26. The van der Waals surface area contributed by atoms with E-state index in [1.807, 2.05) is 19.1 Å². The number of nitrogens with one attached hydrogen (secondary N) is 1. The first-order chi connectivity index (χ1) is 8.88. The SMILES string of the molecule is Cc1ccc(CNC(=O)N(CC(=O)O)CC(=O)O)s1. The molecule has 1 aromatic heterocycles. The highest BCUT2D eigenvalue weighted by Gasteiger charge is 2.19. The highest BCUT2D eigenvalue weighted by molar-refractivity contribution is 7.11. The maximum Gasteiger partial charge on any atom is 0.323 e. The van der Waals surface area contributed by atoms with Crippen LogP contribution in [0.4, 0.5) is 4.79 Å². The predicted molar refractivity (Wildman–Crippen MR) is 68.1 cm³/mol. The standard InChI is InChI=1S/C11H14N2O5S/c1-7-2-3-8(19-7)4-12-11(18)13(5-9(14)15)6-10(16)17/h2-3H,4-6H2,1H3,(H,12,18)(H,14,15)(H,16,17). The van der Waals surface area contributed by atoms with Crippen molar-refractivity contribution >= 4 is 29.3 Å². The Labute approximate surface area is 113 Å². The molecule has 0 aliphatic carbocycles. The normalized spacial score (nSPS) is 9.95. The van der Waals surface area contributed by atoms with Crippen LogP contribution in [-0.2, 0) is 16.1 Å². The predicted octanol–water partition coefficient (Wildman–Crippen LogP) is 0.737. The number of nitrogens with zero attached hydrogens (tertiary/aromatic N) is 1. The van der Waals surface area contributed by atoms with E-state index in [0.717, 1.165) is 14.7 Å². The van der Waals surface area contributed by atoms with Crippen molar-refractivity contribution in [1.29, 1.82) is 0 Å². The van der Waals surface area contributed by atoms with E-state index in [1.165, 1.54) is 11.3 Å². The number of aliphatic carboxylic acids is 2. The molecule has 1 rings (SSSR count). The van der Waals surface area contributed by atoms with Gasteiger partial charge in [-0.25, -0.2) is 4.79 Å². The van der Waals surface area contributed by atoms with Crippen molar-refractivity contribution in [3.05, 3.63) is 21.9 Å². The smallest absolute Gasteiger partial charge is 0.323 e. The van der Waals surface area contributed by atoms with Crippen molar-refractivity contribution in [2.24, 2.45) is 0 Å². The molecular formula is C11H14N2O5S. The van der Waals surface area contributed by atoms with Crippen LogP contribution in [-0.4, -0.2) is 46.2 Å². The zero-order valence-electron chi connectivity index (χ0n) is 10.3. The lowest BCUT2D eigenvalue weighted by Gasteiger charge is -2.18. The first kappa shape index (κ1) is 15.0. The summed E-state index contributed by atoms with van der Waals surface area (Å²) in [4.78, 5) is 35.5. The average molecular weight is 286 g/mol. The van der Waals surface area contributed by atoms with Crippen LogP contribution in [0.25, 0.3) is 0 Å². The lowest BCUT2D eigenvalue weighted by Crippen LogP contribution is -2.44. The van der Waals surface area contributed by atoms with Gasteiger partial charge in [0.25, 0.3) is 0 Å². The molecule has 0 saturated heterocycles. The summed E-state index contributed by atoms with van der Waals surface area (Å²) >= 11 is 1.50. The number of aryl methyl sites for hydroxylation is 1. The van der Waals surface area contributed by atoms with Crippen LogP contribution in [0.5, 0.6) is 0 Å². The molecule has 0 spiro atoms. The third-order valence-electron chi connectivity index (χ3n) is 2.15. The number of rotatable bonds is 6. The molecule has 1 heterocycles. The summed E-state index contributed by atoms with van der Waals surface area (Å²) in [6.45, 7) is 0.868. The Morgan fingerprint density at radius 1 is 1.21 bits per heavy atom. The summed E-state index contributed by atoms with van der Waals surface area (Å²) in [5.41, 5.74) is 0. The zero-order chi connectivity index (χ0) is 14.4. The molecule has 19 heavy (non-hydrogen) atoms. The Morgan fingerprint density at radius 2 is 1.79 bits per heavy atom. The Morgan fingerprint density at radius 3 is 2.21 bits per heavy atom. The van der Waals surface area contributed by atoms with Crippen LogP contribution < -0.4 is 5.32 Å². The van der Waals surface area contributed by atoms with Crippen LogP contribution in [0.15, 0.2) is 12.1 Å². The van der Waals surface area contributed by atoms with Crippen LogP contribution in [0.2, 0.25) is 0 Å². The lowest BCUT2D eigenvalue weighted by atomic mass is 10.4. The summed E-state index contributed by atoms with van der Waals surface area (Å²) in [5, 5.41) is 19.7. The second-order valence-electron chi connectivity index (χ2n) is 3.81. The van der Waals surface area contributed by atoms with Crippen molar-refractivity contribution < 1.29 is 24.6 Å². The van der Waals surface area contributed by atoms with Gasteiger partial charge in [0, 0.05) is 9.75 Å². The number of carbonyl (C=O) groups excluding carboxylic acids is 1. The molecule has 3 N–H and O–H groups in total. The summed E-state index contributed by atoms with van der Waals surface area (Å²) in [5.74, 6) is -2.52. The van der Waals surface area contributed by atoms with Crippen LogP contribution in [0.3, 0.4) is 0 Å². The first-order valence-electron chi connectivity index (χ1n) is 5.40. The maximum absolute atomic E-state index is 11.7. The molecule has 104 valence electrons. The van der Waals surface area contributed by atoms with Crippen molar-refractivity contribution in [3.8, 4) is 0 Å². The van der Waals surface area contributed by atoms with Gasteiger partial charge in [0.2, 0.25) is 0 Å². The summed E-state index contributed by atoms with van der Waals surface area (Å²) in [6.07, 6.45) is 0. The summed E-state index contributed by atoms with van der Waals surface area (Å²) < 4.78 is 0. The molecule has 0 radical (unpaired) electrons. The molecule has 2 amide bonds. The number of carboxylic acids is 2. The Bertz CT molecular complexity index is 469. The van der Waals surface area contributed by atoms with Crippen molar-refractivity contribution in [1.82, 2.24) is 10.2 Å². The molecule has 0 unspecified atom stereocenters. The van der Waals surface area contributed by atoms with E-state index < -0.39 is 31.1 Å². The average Bonchev–Trinajstić information content (AvgIpc) is 2.70. The fourth-order valence-electron chi connectivity index (χ4n) is 1.38. The van der Waals surface area contributed by atoms with E-state index >= 15 is 0 Å². The Balaban J connectivity index is 2.55. The minimum absolute atomic E-state index is 0.243. The van der Waals surface area contributed by atoms with Gasteiger partial charge in [0.1, 0.15) is 13.1 Å². The van der Waals surface area contributed by atoms with Gasteiger partial charge in [-0.15, -0.1) is 11.3 Å². The zero-order valence-corrected chi connectivity index (χ0v) is 11.1. The summed E-state index contributed by atoms with van der Waals surface area (Å²) in [6, 6.07) is 3.04.